The first-order chi connectivity index (χ1) is 8.78. The molecule has 0 spiro atoms. The fraction of sp³-hybridized carbons (Fsp3) is 0.571. The molecule has 1 heterocycles. The average Bonchev–Trinajstić information content (AvgIpc) is 3.16. The fourth-order valence-electron chi connectivity index (χ4n) is 1.81. The number of nitriles is 1. The first-order valence-electron chi connectivity index (χ1n) is 6.43. The Hall–Kier alpha value is -1.60. The van der Waals surface area contributed by atoms with E-state index >= 15 is 0 Å². The Balaban J connectivity index is 1.81. The van der Waals surface area contributed by atoms with Gasteiger partial charge in [0, 0.05) is 18.4 Å². The van der Waals surface area contributed by atoms with Gasteiger partial charge in [-0.3, -0.25) is 4.98 Å². The molecule has 1 fully saturated rings. The van der Waals surface area contributed by atoms with E-state index in [1.54, 1.807) is 6.20 Å². The third-order valence-electron chi connectivity index (χ3n) is 3.31. The van der Waals surface area contributed by atoms with E-state index in [0.29, 0.717) is 13.0 Å². The van der Waals surface area contributed by atoms with E-state index in [2.05, 4.69) is 23.3 Å². The van der Waals surface area contributed by atoms with Crippen LogP contribution < -0.4 is 10.1 Å². The molecule has 1 saturated carbocycles. The van der Waals surface area contributed by atoms with Gasteiger partial charge in [-0.25, -0.2) is 0 Å². The Morgan fingerprint density at radius 3 is 2.89 bits per heavy atom. The number of nitrogens with zero attached hydrogens (tertiary/aromatic N) is 2. The second-order valence-corrected chi connectivity index (χ2v) is 4.89. The van der Waals surface area contributed by atoms with Gasteiger partial charge in [-0.2, -0.15) is 5.26 Å². The summed E-state index contributed by atoms with van der Waals surface area (Å²) in [6.45, 7) is 4.43. The molecule has 0 atom stereocenters. The van der Waals surface area contributed by atoms with Gasteiger partial charge in [-0.15, -0.1) is 0 Å². The minimum atomic E-state index is 0.122. The monoisotopic (exact) mass is 245 g/mol. The molecule has 18 heavy (non-hydrogen) atoms. The van der Waals surface area contributed by atoms with Crippen LogP contribution in [-0.4, -0.2) is 18.1 Å². The van der Waals surface area contributed by atoms with Gasteiger partial charge in [-0.1, -0.05) is 6.92 Å². The van der Waals surface area contributed by atoms with Crippen LogP contribution in [0.4, 0.5) is 0 Å². The Bertz CT molecular complexity index is 418. The predicted octanol–water partition coefficient (Wildman–Crippen LogP) is 2.26. The van der Waals surface area contributed by atoms with Crippen LogP contribution in [0.2, 0.25) is 0 Å². The summed E-state index contributed by atoms with van der Waals surface area (Å²) in [5.41, 5.74) is 1.14. The van der Waals surface area contributed by atoms with Gasteiger partial charge < -0.3 is 10.1 Å². The van der Waals surface area contributed by atoms with E-state index < -0.39 is 0 Å². The van der Waals surface area contributed by atoms with Crippen LogP contribution in [0.25, 0.3) is 0 Å². The third-order valence-corrected chi connectivity index (χ3v) is 3.31. The molecule has 1 aliphatic carbocycles. The number of hydrogen-bond donors (Lipinski definition) is 1. The number of hydrogen-bond acceptors (Lipinski definition) is 4. The highest BCUT2D eigenvalue weighted by atomic mass is 16.5. The van der Waals surface area contributed by atoms with Crippen LogP contribution in [0.3, 0.4) is 0 Å². The highest BCUT2D eigenvalue weighted by Gasteiger charge is 2.43. The second-order valence-electron chi connectivity index (χ2n) is 4.89. The van der Waals surface area contributed by atoms with E-state index in [1.165, 1.54) is 0 Å². The molecule has 1 aliphatic rings. The van der Waals surface area contributed by atoms with Gasteiger partial charge in [0.15, 0.2) is 0 Å². The smallest absolute Gasteiger partial charge is 0.137 e. The lowest BCUT2D eigenvalue weighted by Crippen LogP contribution is -2.14. The molecule has 1 N–H and O–H groups in total. The highest BCUT2D eigenvalue weighted by molar-refractivity contribution is 5.20. The van der Waals surface area contributed by atoms with Crippen molar-refractivity contribution in [1.82, 2.24) is 10.3 Å². The largest absolute Gasteiger partial charge is 0.491 e. The normalized spacial score (nSPS) is 16.0. The van der Waals surface area contributed by atoms with E-state index in [-0.39, 0.29) is 5.41 Å². The molecule has 96 valence electrons. The van der Waals surface area contributed by atoms with E-state index in [4.69, 9.17) is 10.00 Å². The summed E-state index contributed by atoms with van der Waals surface area (Å²) < 4.78 is 5.71. The van der Waals surface area contributed by atoms with Crippen molar-refractivity contribution in [2.24, 2.45) is 5.41 Å². The topological polar surface area (TPSA) is 57.9 Å². The van der Waals surface area contributed by atoms with Crippen molar-refractivity contribution in [3.8, 4) is 11.8 Å². The van der Waals surface area contributed by atoms with Crippen molar-refractivity contribution in [2.75, 3.05) is 13.2 Å². The van der Waals surface area contributed by atoms with Crippen molar-refractivity contribution in [1.29, 1.82) is 5.26 Å². The molecule has 2 rings (SSSR count). The van der Waals surface area contributed by atoms with Crippen LogP contribution in [0.1, 0.15) is 31.9 Å². The maximum atomic E-state index is 8.73. The average molecular weight is 245 g/mol. The van der Waals surface area contributed by atoms with Crippen molar-refractivity contribution >= 4 is 0 Å². The molecular weight excluding hydrogens is 226 g/mol. The van der Waals surface area contributed by atoms with Crippen LogP contribution in [0.15, 0.2) is 18.3 Å². The molecule has 0 saturated heterocycles. The van der Waals surface area contributed by atoms with Gasteiger partial charge in [-0.05, 0) is 31.5 Å². The minimum absolute atomic E-state index is 0.122. The molecule has 0 radical (unpaired) electrons. The Kier molecular flexibility index (Phi) is 4.16. The molecule has 0 amide bonds. The van der Waals surface area contributed by atoms with Gasteiger partial charge in [0.05, 0.1) is 24.6 Å². The zero-order valence-corrected chi connectivity index (χ0v) is 10.8. The SMILES string of the molecule is CCNCc1ccc(OCC2(CC#N)CC2)cn1. The van der Waals surface area contributed by atoms with Crippen LogP contribution in [0, 0.1) is 16.7 Å². The summed E-state index contributed by atoms with van der Waals surface area (Å²) in [6, 6.07) is 6.16. The maximum Gasteiger partial charge on any atom is 0.137 e. The first kappa shape index (κ1) is 12.8. The summed E-state index contributed by atoms with van der Waals surface area (Å²) in [5, 5.41) is 12.0. The molecule has 4 heteroatoms. The summed E-state index contributed by atoms with van der Waals surface area (Å²) in [5.74, 6) is 0.791. The molecule has 1 aromatic heterocycles. The van der Waals surface area contributed by atoms with Crippen molar-refractivity contribution < 1.29 is 4.74 Å². The molecular formula is C14H19N3O. The van der Waals surface area contributed by atoms with Gasteiger partial charge >= 0.3 is 0 Å². The first-order valence-corrected chi connectivity index (χ1v) is 6.43. The minimum Gasteiger partial charge on any atom is -0.491 e. The third kappa shape index (κ3) is 3.44. The summed E-state index contributed by atoms with van der Waals surface area (Å²) >= 11 is 0. The van der Waals surface area contributed by atoms with E-state index in [1.807, 2.05) is 12.1 Å². The van der Waals surface area contributed by atoms with Crippen molar-refractivity contribution in [3.05, 3.63) is 24.0 Å². The summed E-state index contributed by atoms with van der Waals surface area (Å²) in [6.07, 6.45) is 4.56. The molecule has 0 unspecified atom stereocenters. The van der Waals surface area contributed by atoms with Crippen LogP contribution in [-0.2, 0) is 6.54 Å². The molecule has 0 bridgehead atoms. The Morgan fingerprint density at radius 1 is 1.50 bits per heavy atom. The van der Waals surface area contributed by atoms with E-state index in [9.17, 15) is 0 Å². The van der Waals surface area contributed by atoms with Crippen LogP contribution >= 0.6 is 0 Å². The Labute approximate surface area is 108 Å². The second kappa shape index (κ2) is 5.83. The number of nitrogens with one attached hydrogen (secondary N) is 1. The van der Waals surface area contributed by atoms with Crippen molar-refractivity contribution in [3.63, 3.8) is 0 Å². The van der Waals surface area contributed by atoms with Crippen LogP contribution in [0.5, 0.6) is 5.75 Å². The lowest BCUT2D eigenvalue weighted by Gasteiger charge is -2.12. The fourth-order valence-corrected chi connectivity index (χ4v) is 1.81. The molecule has 0 aliphatic heterocycles. The zero-order chi connectivity index (χ0) is 12.8. The lowest BCUT2D eigenvalue weighted by molar-refractivity contribution is 0.236. The van der Waals surface area contributed by atoms with Gasteiger partial charge in [0.2, 0.25) is 0 Å². The maximum absolute atomic E-state index is 8.73. The quantitative estimate of drug-likeness (QED) is 0.800. The number of rotatable bonds is 7. The van der Waals surface area contributed by atoms with Gasteiger partial charge in [0.1, 0.15) is 5.75 Å². The molecule has 1 aromatic rings. The molecule has 4 nitrogen and oxygen atoms in total. The number of ether oxygens (including phenoxy) is 1. The number of pyridine rings is 1. The Morgan fingerprint density at radius 2 is 2.33 bits per heavy atom. The number of aromatic nitrogens is 1. The van der Waals surface area contributed by atoms with Crippen molar-refractivity contribution in [2.45, 2.75) is 32.7 Å². The summed E-state index contributed by atoms with van der Waals surface area (Å²) in [7, 11) is 0. The zero-order valence-electron chi connectivity index (χ0n) is 10.8. The standard InChI is InChI=1S/C14H19N3O/c1-2-16-9-12-3-4-13(10-17-12)18-11-14(5-6-14)7-8-15/h3-4,10,16H,2,5-7,9,11H2,1H3. The van der Waals surface area contributed by atoms with E-state index in [0.717, 1.165) is 37.4 Å². The predicted molar refractivity (Wildman–Crippen MR) is 69.0 cm³/mol. The van der Waals surface area contributed by atoms with Gasteiger partial charge in [0.25, 0.3) is 0 Å². The highest BCUT2D eigenvalue weighted by Crippen LogP contribution is 2.48. The summed E-state index contributed by atoms with van der Waals surface area (Å²) in [4.78, 5) is 4.33. The molecule has 0 aromatic carbocycles. The lowest BCUT2D eigenvalue weighted by atomic mass is 10.1.